The van der Waals surface area contributed by atoms with Crippen LogP contribution in [0.15, 0.2) is 72.8 Å². The Kier molecular flexibility index (Phi) is 6.42. The number of amides is 4. The van der Waals surface area contributed by atoms with Crippen molar-refractivity contribution < 1.29 is 14.4 Å². The van der Waals surface area contributed by atoms with E-state index in [-0.39, 0.29) is 12.6 Å². The van der Waals surface area contributed by atoms with Crippen LogP contribution in [0.1, 0.15) is 37.4 Å². The molecule has 1 aliphatic heterocycles. The number of urea groups is 1. The number of rotatable bonds is 8. The highest BCUT2D eigenvalue weighted by Gasteiger charge is 2.48. The van der Waals surface area contributed by atoms with Crippen LogP contribution >= 0.6 is 0 Å². The predicted octanol–water partition coefficient (Wildman–Crippen LogP) is 3.46. The molecule has 0 bridgehead atoms. The topological polar surface area (TPSA) is 90.5 Å². The Balaban J connectivity index is 1.34. The summed E-state index contributed by atoms with van der Waals surface area (Å²) in [4.78, 5) is 37.9. The largest absolute Gasteiger partial charge is 0.344 e. The summed E-state index contributed by atoms with van der Waals surface area (Å²) < 4.78 is 0. The lowest BCUT2D eigenvalue weighted by molar-refractivity contribution is -0.138. The molecule has 170 valence electrons. The van der Waals surface area contributed by atoms with E-state index in [9.17, 15) is 14.4 Å². The molecule has 7 nitrogen and oxygen atoms in total. The van der Waals surface area contributed by atoms with E-state index >= 15 is 0 Å². The maximum Gasteiger partial charge on any atom is 0.344 e. The van der Waals surface area contributed by atoms with Crippen LogP contribution in [0, 0.1) is 0 Å². The maximum absolute atomic E-state index is 12.9. The molecule has 7 heteroatoms. The van der Waals surface area contributed by atoms with Gasteiger partial charge in [0.2, 0.25) is 0 Å². The average molecular weight is 445 g/mol. The lowest BCUT2D eigenvalue weighted by Gasteiger charge is -2.22. The van der Waals surface area contributed by atoms with Gasteiger partial charge in [0, 0.05) is 6.04 Å². The van der Waals surface area contributed by atoms with Gasteiger partial charge in [0.15, 0.2) is 0 Å². The molecule has 3 aromatic rings. The van der Waals surface area contributed by atoms with Crippen LogP contribution in [0.25, 0.3) is 10.8 Å². The molecule has 0 spiro atoms. The fourth-order valence-electron chi connectivity index (χ4n) is 4.14. The summed E-state index contributed by atoms with van der Waals surface area (Å²) >= 11 is 0. The zero-order chi connectivity index (χ0) is 23.4. The van der Waals surface area contributed by atoms with Crippen molar-refractivity contribution in [1.29, 1.82) is 0 Å². The van der Waals surface area contributed by atoms with E-state index in [1.54, 1.807) is 6.92 Å². The number of nitrogens with zero attached hydrogens (tertiary/aromatic N) is 1. The summed E-state index contributed by atoms with van der Waals surface area (Å²) in [6.07, 6.45) is 1.07. The van der Waals surface area contributed by atoms with Crippen LogP contribution in [-0.2, 0) is 16.0 Å². The maximum atomic E-state index is 12.9. The molecule has 4 amide bonds. The Morgan fingerprint density at radius 3 is 2.48 bits per heavy atom. The number of aryl methyl sites for hydroxylation is 1. The average Bonchev–Trinajstić information content (AvgIpc) is 3.04. The molecule has 0 saturated carbocycles. The van der Waals surface area contributed by atoms with Crippen molar-refractivity contribution in [3.8, 4) is 0 Å². The van der Waals surface area contributed by atoms with E-state index in [0.29, 0.717) is 12.8 Å². The monoisotopic (exact) mass is 444 g/mol. The van der Waals surface area contributed by atoms with Gasteiger partial charge in [-0.3, -0.25) is 15.0 Å². The van der Waals surface area contributed by atoms with Gasteiger partial charge in [-0.2, -0.15) is 5.01 Å². The predicted molar refractivity (Wildman–Crippen MR) is 127 cm³/mol. The molecule has 3 N–H and O–H groups in total. The second kappa shape index (κ2) is 9.42. The Labute approximate surface area is 193 Å². The summed E-state index contributed by atoms with van der Waals surface area (Å²) in [5.74, 6) is -0.920. The van der Waals surface area contributed by atoms with Crippen molar-refractivity contribution in [3.05, 3.63) is 83.9 Å². The van der Waals surface area contributed by atoms with Gasteiger partial charge >= 0.3 is 6.03 Å². The first-order valence-corrected chi connectivity index (χ1v) is 11.1. The van der Waals surface area contributed by atoms with E-state index in [4.69, 9.17) is 0 Å². The SMILES string of the molecule is C[C@@H](NCC(=O)NN1C(=O)N[C@](C)(CCc2ccccc2)C1=O)c1cccc2ccccc12. The van der Waals surface area contributed by atoms with E-state index in [2.05, 4.69) is 16.1 Å². The first-order valence-electron chi connectivity index (χ1n) is 11.1. The standard InChI is InChI=1S/C26H28N4O3/c1-18(21-14-8-12-20-11-6-7-13-22(20)21)27-17-23(31)29-30-24(32)26(2,28-25(30)33)16-15-19-9-4-3-5-10-19/h3-14,18,27H,15-17H2,1-2H3,(H,28,33)(H,29,31)/t18-,26-/m1/s1. The normalized spacial score (nSPS) is 18.9. The first-order chi connectivity index (χ1) is 15.9. The highest BCUT2D eigenvalue weighted by atomic mass is 16.2. The Hall–Kier alpha value is -3.71. The number of carbonyl (C=O) groups excluding carboxylic acids is 3. The van der Waals surface area contributed by atoms with Crippen molar-refractivity contribution in [2.75, 3.05) is 6.54 Å². The Morgan fingerprint density at radius 1 is 1.00 bits per heavy atom. The van der Waals surface area contributed by atoms with E-state index in [1.807, 2.05) is 79.7 Å². The van der Waals surface area contributed by atoms with Gasteiger partial charge in [-0.15, -0.1) is 0 Å². The van der Waals surface area contributed by atoms with Crippen molar-refractivity contribution in [2.45, 2.75) is 38.3 Å². The van der Waals surface area contributed by atoms with Crippen LogP contribution in [-0.4, -0.2) is 34.9 Å². The van der Waals surface area contributed by atoms with Crippen LogP contribution in [0.4, 0.5) is 4.79 Å². The molecule has 1 fully saturated rings. The quantitative estimate of drug-likeness (QED) is 0.464. The lowest BCUT2D eigenvalue weighted by atomic mass is 9.93. The van der Waals surface area contributed by atoms with Crippen LogP contribution in [0.2, 0.25) is 0 Å². The number of hydrazine groups is 1. The molecular formula is C26H28N4O3. The molecule has 0 aromatic heterocycles. The zero-order valence-corrected chi connectivity index (χ0v) is 18.8. The molecule has 0 aliphatic carbocycles. The number of carbonyl (C=O) groups is 3. The van der Waals surface area contributed by atoms with Gasteiger partial charge in [0.05, 0.1) is 6.54 Å². The summed E-state index contributed by atoms with van der Waals surface area (Å²) in [7, 11) is 0. The van der Waals surface area contributed by atoms with Crippen LogP contribution in [0.3, 0.4) is 0 Å². The third kappa shape index (κ3) is 4.88. The fraction of sp³-hybridized carbons (Fsp3) is 0.269. The molecule has 0 radical (unpaired) electrons. The molecule has 1 heterocycles. The summed E-state index contributed by atoms with van der Waals surface area (Å²) in [5, 5.41) is 8.93. The van der Waals surface area contributed by atoms with Gasteiger partial charge in [0.1, 0.15) is 5.54 Å². The number of nitrogens with one attached hydrogen (secondary N) is 3. The van der Waals surface area contributed by atoms with Gasteiger partial charge in [0.25, 0.3) is 11.8 Å². The molecular weight excluding hydrogens is 416 g/mol. The van der Waals surface area contributed by atoms with Gasteiger partial charge < -0.3 is 10.6 Å². The zero-order valence-electron chi connectivity index (χ0n) is 18.8. The van der Waals surface area contributed by atoms with E-state index < -0.39 is 23.4 Å². The van der Waals surface area contributed by atoms with Crippen LogP contribution in [0.5, 0.6) is 0 Å². The number of fused-ring (bicyclic) bond motifs is 1. The van der Waals surface area contributed by atoms with Crippen molar-refractivity contribution in [3.63, 3.8) is 0 Å². The smallest absolute Gasteiger partial charge is 0.322 e. The minimum Gasteiger partial charge on any atom is -0.322 e. The molecule has 4 rings (SSSR count). The third-order valence-electron chi connectivity index (χ3n) is 6.11. The highest BCUT2D eigenvalue weighted by molar-refractivity contribution is 6.07. The molecule has 33 heavy (non-hydrogen) atoms. The molecule has 3 aromatic carbocycles. The first kappa shape index (κ1) is 22.5. The third-order valence-corrected chi connectivity index (χ3v) is 6.11. The molecule has 2 atom stereocenters. The lowest BCUT2D eigenvalue weighted by Crippen LogP contribution is -2.51. The second-order valence-corrected chi connectivity index (χ2v) is 8.59. The van der Waals surface area contributed by atoms with Crippen LogP contribution < -0.4 is 16.1 Å². The highest BCUT2D eigenvalue weighted by Crippen LogP contribution is 2.24. The number of imide groups is 1. The van der Waals surface area contributed by atoms with E-state index in [1.165, 1.54) is 0 Å². The number of hydrogen-bond acceptors (Lipinski definition) is 4. The molecule has 1 saturated heterocycles. The van der Waals surface area contributed by atoms with Crippen molar-refractivity contribution in [2.24, 2.45) is 0 Å². The fourth-order valence-corrected chi connectivity index (χ4v) is 4.14. The Morgan fingerprint density at radius 2 is 1.70 bits per heavy atom. The van der Waals surface area contributed by atoms with Gasteiger partial charge in [-0.05, 0) is 48.6 Å². The Bertz CT molecular complexity index is 1180. The summed E-state index contributed by atoms with van der Waals surface area (Å²) in [6.45, 7) is 3.62. The number of hydrogen-bond donors (Lipinski definition) is 3. The minimum atomic E-state index is -1.07. The van der Waals surface area contributed by atoms with Gasteiger partial charge in [-0.25, -0.2) is 4.79 Å². The van der Waals surface area contributed by atoms with E-state index in [0.717, 1.165) is 26.9 Å². The number of benzene rings is 3. The van der Waals surface area contributed by atoms with Crippen molar-refractivity contribution >= 4 is 28.6 Å². The van der Waals surface area contributed by atoms with Gasteiger partial charge in [-0.1, -0.05) is 72.8 Å². The molecule has 0 unspecified atom stereocenters. The second-order valence-electron chi connectivity index (χ2n) is 8.59. The molecule has 1 aliphatic rings. The summed E-state index contributed by atoms with van der Waals surface area (Å²) in [6, 6.07) is 23.2. The summed E-state index contributed by atoms with van der Waals surface area (Å²) in [5.41, 5.74) is 3.53. The van der Waals surface area contributed by atoms with Crippen molar-refractivity contribution in [1.82, 2.24) is 21.1 Å². The minimum absolute atomic E-state index is 0.0395.